The number of thiophene rings is 1. The first-order chi connectivity index (χ1) is 12.2. The molecular weight excluding hydrogens is 366 g/mol. The van der Waals surface area contributed by atoms with Gasteiger partial charge >= 0.3 is 12.0 Å². The van der Waals surface area contributed by atoms with E-state index in [-0.39, 0.29) is 22.9 Å². The van der Waals surface area contributed by atoms with E-state index < -0.39 is 28.7 Å². The van der Waals surface area contributed by atoms with Gasteiger partial charge in [-0.3, -0.25) is 25.0 Å². The van der Waals surface area contributed by atoms with E-state index in [1.54, 1.807) is 20.8 Å². The van der Waals surface area contributed by atoms with Crippen LogP contribution in [0.5, 0.6) is 0 Å². The van der Waals surface area contributed by atoms with Gasteiger partial charge in [0.15, 0.2) is 5.76 Å². The highest BCUT2D eigenvalue weighted by molar-refractivity contribution is 7.16. The average Bonchev–Trinajstić information content (AvgIpc) is 3.14. The lowest BCUT2D eigenvalue weighted by Gasteiger charge is -2.07. The monoisotopic (exact) mass is 381 g/mol. The molecule has 2 rings (SSSR count). The number of nitro groups is 1. The predicted octanol–water partition coefficient (Wildman–Crippen LogP) is 3.00. The summed E-state index contributed by atoms with van der Waals surface area (Å²) in [4.78, 5) is 46.6. The second-order valence-corrected chi connectivity index (χ2v) is 6.24. The summed E-state index contributed by atoms with van der Waals surface area (Å²) in [6, 6.07) is 2.20. The number of anilines is 1. The average molecular weight is 381 g/mol. The van der Waals surface area contributed by atoms with E-state index in [2.05, 4.69) is 15.4 Å². The first-order valence-electron chi connectivity index (χ1n) is 7.38. The number of furan rings is 1. The van der Waals surface area contributed by atoms with Crippen LogP contribution in [0.15, 0.2) is 16.5 Å². The summed E-state index contributed by atoms with van der Waals surface area (Å²) >= 11 is 1.13. The van der Waals surface area contributed by atoms with Crippen LogP contribution in [-0.2, 0) is 4.74 Å². The Kier molecular flexibility index (Phi) is 5.72. The van der Waals surface area contributed by atoms with Gasteiger partial charge in [0.05, 0.1) is 18.2 Å². The topological polar surface area (TPSA) is 141 Å². The summed E-state index contributed by atoms with van der Waals surface area (Å²) in [5, 5.41) is 15.4. The molecule has 0 saturated heterocycles. The van der Waals surface area contributed by atoms with Crippen LogP contribution >= 0.6 is 11.3 Å². The van der Waals surface area contributed by atoms with E-state index in [1.165, 1.54) is 0 Å². The lowest BCUT2D eigenvalue weighted by molar-refractivity contribution is -0.402. The summed E-state index contributed by atoms with van der Waals surface area (Å²) in [6.45, 7) is 5.10. The predicted molar refractivity (Wildman–Crippen MR) is 91.6 cm³/mol. The van der Waals surface area contributed by atoms with Crippen molar-refractivity contribution < 1.29 is 28.5 Å². The number of carbonyl (C=O) groups excluding carboxylic acids is 3. The van der Waals surface area contributed by atoms with Gasteiger partial charge in [-0.1, -0.05) is 0 Å². The lowest BCUT2D eigenvalue weighted by atomic mass is 10.1. The smallest absolute Gasteiger partial charge is 0.433 e. The molecule has 2 aromatic rings. The second kappa shape index (κ2) is 7.78. The molecule has 0 bridgehead atoms. The molecule has 138 valence electrons. The lowest BCUT2D eigenvalue weighted by Crippen LogP contribution is -2.31. The third-order valence-corrected chi connectivity index (χ3v) is 4.45. The summed E-state index contributed by atoms with van der Waals surface area (Å²) < 4.78 is 9.49. The van der Waals surface area contributed by atoms with Crippen molar-refractivity contribution in [3.05, 3.63) is 44.0 Å². The van der Waals surface area contributed by atoms with Crippen LogP contribution in [0.2, 0.25) is 0 Å². The number of rotatable bonds is 5. The Bertz CT molecular complexity index is 884. The molecular formula is C15H15N3O7S. The fourth-order valence-electron chi connectivity index (χ4n) is 2.02. The van der Waals surface area contributed by atoms with Crippen molar-refractivity contribution >= 4 is 40.1 Å². The van der Waals surface area contributed by atoms with Crippen LogP contribution in [0.4, 0.5) is 15.7 Å². The molecule has 2 aromatic heterocycles. The number of nitrogens with zero attached hydrogens (tertiary/aromatic N) is 1. The molecule has 0 unspecified atom stereocenters. The SMILES string of the molecule is CCOC(=O)NC(=O)c1c(NC(=O)c2ccc([N+](=O)[O-])o2)sc(C)c1C. The molecule has 0 saturated carbocycles. The molecule has 10 nitrogen and oxygen atoms in total. The van der Waals surface area contributed by atoms with E-state index in [4.69, 9.17) is 4.42 Å². The van der Waals surface area contributed by atoms with Crippen molar-refractivity contribution in [3.63, 3.8) is 0 Å². The molecule has 2 heterocycles. The molecule has 0 spiro atoms. The number of imide groups is 1. The highest BCUT2D eigenvalue weighted by Gasteiger charge is 2.25. The van der Waals surface area contributed by atoms with Crippen molar-refractivity contribution in [2.24, 2.45) is 0 Å². The van der Waals surface area contributed by atoms with Crippen LogP contribution in [0.25, 0.3) is 0 Å². The third-order valence-electron chi connectivity index (χ3n) is 3.33. The highest BCUT2D eigenvalue weighted by Crippen LogP contribution is 2.33. The molecule has 26 heavy (non-hydrogen) atoms. The molecule has 0 aliphatic carbocycles. The van der Waals surface area contributed by atoms with E-state index in [0.717, 1.165) is 28.3 Å². The quantitative estimate of drug-likeness (QED) is 0.599. The zero-order chi connectivity index (χ0) is 19.4. The van der Waals surface area contributed by atoms with Gasteiger partial charge in [0.2, 0.25) is 0 Å². The molecule has 0 fully saturated rings. The Morgan fingerprint density at radius 3 is 2.54 bits per heavy atom. The fraction of sp³-hybridized carbons (Fsp3) is 0.267. The van der Waals surface area contributed by atoms with Gasteiger partial charge in [0.1, 0.15) is 9.92 Å². The maximum atomic E-state index is 12.3. The Labute approximate surface area is 151 Å². The molecule has 2 N–H and O–H groups in total. The molecule has 0 aromatic carbocycles. The summed E-state index contributed by atoms with van der Waals surface area (Å²) in [5.74, 6) is -2.35. The van der Waals surface area contributed by atoms with E-state index in [1.807, 2.05) is 0 Å². The number of nitrogens with one attached hydrogen (secondary N) is 2. The standard InChI is InChI=1S/C15H15N3O7S/c1-4-24-15(21)17-13(20)11-7(2)8(3)26-14(11)16-12(19)9-5-6-10(25-9)18(22)23/h5-6H,4H2,1-3H3,(H,16,19)(H,17,20,21). The van der Waals surface area contributed by atoms with Gasteiger partial charge in [-0.05, 0) is 32.4 Å². The van der Waals surface area contributed by atoms with Crippen molar-refractivity contribution in [3.8, 4) is 0 Å². The van der Waals surface area contributed by atoms with Crippen LogP contribution in [0, 0.1) is 24.0 Å². The molecule has 0 atom stereocenters. The first kappa shape index (κ1) is 19.1. The van der Waals surface area contributed by atoms with Gasteiger partial charge in [-0.15, -0.1) is 11.3 Å². The minimum absolute atomic E-state index is 0.0988. The van der Waals surface area contributed by atoms with Gasteiger partial charge in [0, 0.05) is 4.88 Å². The molecule has 11 heteroatoms. The highest BCUT2D eigenvalue weighted by atomic mass is 32.1. The second-order valence-electron chi connectivity index (χ2n) is 5.01. The van der Waals surface area contributed by atoms with Gasteiger partial charge < -0.3 is 14.5 Å². The van der Waals surface area contributed by atoms with Crippen LogP contribution < -0.4 is 10.6 Å². The van der Waals surface area contributed by atoms with E-state index in [0.29, 0.717) is 5.56 Å². The van der Waals surface area contributed by atoms with Crippen molar-refractivity contribution in [2.45, 2.75) is 20.8 Å². The number of amides is 3. The number of hydrogen-bond donors (Lipinski definition) is 2. The van der Waals surface area contributed by atoms with Gasteiger partial charge in [-0.25, -0.2) is 4.79 Å². The van der Waals surface area contributed by atoms with Crippen molar-refractivity contribution in [2.75, 3.05) is 11.9 Å². The number of hydrogen-bond acceptors (Lipinski definition) is 8. The zero-order valence-corrected chi connectivity index (χ0v) is 14.9. The Morgan fingerprint density at radius 1 is 1.27 bits per heavy atom. The van der Waals surface area contributed by atoms with Gasteiger partial charge in [0.25, 0.3) is 11.8 Å². The third kappa shape index (κ3) is 4.06. The maximum Gasteiger partial charge on any atom is 0.433 e. The minimum Gasteiger partial charge on any atom is -0.450 e. The Hall–Kier alpha value is -3.21. The molecule has 3 amide bonds. The number of alkyl carbamates (subject to hydrolysis) is 1. The first-order valence-corrected chi connectivity index (χ1v) is 8.19. The number of carbonyl (C=O) groups is 3. The normalized spacial score (nSPS) is 10.3. The molecule has 0 radical (unpaired) electrons. The summed E-state index contributed by atoms with van der Waals surface area (Å²) in [7, 11) is 0. The Morgan fingerprint density at radius 2 is 1.96 bits per heavy atom. The van der Waals surface area contributed by atoms with Crippen molar-refractivity contribution in [1.29, 1.82) is 0 Å². The molecule has 0 aliphatic heterocycles. The number of ether oxygens (including phenoxy) is 1. The summed E-state index contributed by atoms with van der Waals surface area (Å²) in [6.07, 6.45) is -0.903. The maximum absolute atomic E-state index is 12.3. The van der Waals surface area contributed by atoms with E-state index in [9.17, 15) is 24.5 Å². The minimum atomic E-state index is -0.903. The molecule has 0 aliphatic rings. The largest absolute Gasteiger partial charge is 0.450 e. The van der Waals surface area contributed by atoms with E-state index >= 15 is 0 Å². The number of aryl methyl sites for hydroxylation is 1. The van der Waals surface area contributed by atoms with Crippen molar-refractivity contribution in [1.82, 2.24) is 5.32 Å². The van der Waals surface area contributed by atoms with Gasteiger partial charge in [-0.2, -0.15) is 0 Å². The van der Waals surface area contributed by atoms with Crippen LogP contribution in [0.3, 0.4) is 0 Å². The zero-order valence-electron chi connectivity index (χ0n) is 14.1. The fourth-order valence-corrected chi connectivity index (χ4v) is 3.08. The van der Waals surface area contributed by atoms with Crippen LogP contribution in [0.1, 0.15) is 38.3 Å². The van der Waals surface area contributed by atoms with Crippen LogP contribution in [-0.4, -0.2) is 29.4 Å². The summed E-state index contributed by atoms with van der Waals surface area (Å²) in [5.41, 5.74) is 0.687. The Balaban J connectivity index is 2.25.